The zero-order chi connectivity index (χ0) is 18.5. The van der Waals surface area contributed by atoms with Gasteiger partial charge in [0.2, 0.25) is 0 Å². The third-order valence-corrected chi connectivity index (χ3v) is 4.06. The Kier molecular flexibility index (Phi) is 5.70. The lowest BCUT2D eigenvalue weighted by molar-refractivity contribution is 0.0948. The zero-order valence-corrected chi connectivity index (χ0v) is 15.3. The second kappa shape index (κ2) is 8.16. The molecule has 3 rings (SSSR count). The van der Waals surface area contributed by atoms with Gasteiger partial charge in [-0.2, -0.15) is 0 Å². The first-order valence-electron chi connectivity index (χ1n) is 7.77. The van der Waals surface area contributed by atoms with Gasteiger partial charge in [0.25, 0.3) is 5.91 Å². The molecule has 0 spiro atoms. The molecule has 2 aromatic heterocycles. The van der Waals surface area contributed by atoms with E-state index in [1.807, 2.05) is 6.07 Å². The van der Waals surface area contributed by atoms with Crippen LogP contribution in [0.25, 0.3) is 0 Å². The SMILES string of the molecule is Cc1cc(Nc2ccc(C(=O)NCCc3ccc(Cl)cc3Cl)nn2)no1. The van der Waals surface area contributed by atoms with Crippen LogP contribution >= 0.6 is 23.2 Å². The number of nitrogens with zero attached hydrogens (tertiary/aromatic N) is 3. The molecule has 2 heterocycles. The number of amides is 1. The highest BCUT2D eigenvalue weighted by Gasteiger charge is 2.09. The summed E-state index contributed by atoms with van der Waals surface area (Å²) in [6.07, 6.45) is 0.584. The highest BCUT2D eigenvalue weighted by Crippen LogP contribution is 2.21. The van der Waals surface area contributed by atoms with Crippen LogP contribution in [0.15, 0.2) is 40.9 Å². The zero-order valence-electron chi connectivity index (χ0n) is 13.8. The molecule has 2 N–H and O–H groups in total. The predicted octanol–water partition coefficient (Wildman–Crippen LogP) is 3.80. The average Bonchev–Trinajstić information content (AvgIpc) is 3.02. The van der Waals surface area contributed by atoms with E-state index in [4.69, 9.17) is 27.7 Å². The van der Waals surface area contributed by atoms with Crippen LogP contribution in [0.4, 0.5) is 11.6 Å². The molecule has 1 aromatic carbocycles. The Labute approximate surface area is 159 Å². The standard InChI is InChI=1S/C17H15Cl2N5O2/c1-10-8-16(24-26-10)21-15-5-4-14(22-23-15)17(25)20-7-6-11-2-3-12(18)9-13(11)19/h2-5,8-9H,6-7H2,1H3,(H,20,25)(H,21,23,24). The van der Waals surface area contributed by atoms with Gasteiger partial charge < -0.3 is 15.2 Å². The van der Waals surface area contributed by atoms with Crippen LogP contribution in [-0.4, -0.2) is 27.8 Å². The summed E-state index contributed by atoms with van der Waals surface area (Å²) in [5.74, 6) is 1.35. The van der Waals surface area contributed by atoms with Crippen molar-refractivity contribution in [1.82, 2.24) is 20.7 Å². The molecule has 134 valence electrons. The smallest absolute Gasteiger partial charge is 0.271 e. The third-order valence-electron chi connectivity index (χ3n) is 3.48. The van der Waals surface area contributed by atoms with Crippen LogP contribution in [0.1, 0.15) is 21.8 Å². The van der Waals surface area contributed by atoms with Gasteiger partial charge in [-0.15, -0.1) is 10.2 Å². The van der Waals surface area contributed by atoms with Crippen LogP contribution in [0.5, 0.6) is 0 Å². The second-order valence-electron chi connectivity index (χ2n) is 5.49. The molecule has 9 heteroatoms. The minimum atomic E-state index is -0.314. The van der Waals surface area contributed by atoms with Crippen molar-refractivity contribution in [2.75, 3.05) is 11.9 Å². The largest absolute Gasteiger partial charge is 0.360 e. The molecule has 0 saturated carbocycles. The first kappa shape index (κ1) is 18.2. The quantitative estimate of drug-likeness (QED) is 0.663. The lowest BCUT2D eigenvalue weighted by Gasteiger charge is -2.07. The van der Waals surface area contributed by atoms with Gasteiger partial charge in [-0.25, -0.2) is 0 Å². The fraction of sp³-hybridized carbons (Fsp3) is 0.176. The molecule has 0 radical (unpaired) electrons. The first-order valence-corrected chi connectivity index (χ1v) is 8.53. The number of hydrogen-bond donors (Lipinski definition) is 2. The van der Waals surface area contributed by atoms with Gasteiger partial charge in [-0.1, -0.05) is 34.4 Å². The summed E-state index contributed by atoms with van der Waals surface area (Å²) in [5.41, 5.74) is 1.12. The molecule has 1 amide bonds. The van der Waals surface area contributed by atoms with Crippen molar-refractivity contribution in [3.05, 3.63) is 63.5 Å². The highest BCUT2D eigenvalue weighted by molar-refractivity contribution is 6.35. The van der Waals surface area contributed by atoms with Crippen LogP contribution < -0.4 is 10.6 Å². The molecule has 0 aliphatic rings. The van der Waals surface area contributed by atoms with Gasteiger partial charge >= 0.3 is 0 Å². The van der Waals surface area contributed by atoms with E-state index in [0.29, 0.717) is 40.4 Å². The Balaban J connectivity index is 1.53. The molecular formula is C17H15Cl2N5O2. The lowest BCUT2D eigenvalue weighted by atomic mass is 10.1. The van der Waals surface area contributed by atoms with Crippen molar-refractivity contribution in [2.24, 2.45) is 0 Å². The molecule has 0 unspecified atom stereocenters. The van der Waals surface area contributed by atoms with Crippen molar-refractivity contribution >= 4 is 40.7 Å². The molecule has 0 bridgehead atoms. The Hall–Kier alpha value is -2.64. The van der Waals surface area contributed by atoms with Gasteiger partial charge in [0, 0.05) is 22.7 Å². The van der Waals surface area contributed by atoms with E-state index in [1.165, 1.54) is 0 Å². The van der Waals surface area contributed by atoms with Gasteiger partial charge in [-0.3, -0.25) is 4.79 Å². The number of aromatic nitrogens is 3. The predicted molar refractivity (Wildman–Crippen MR) is 99.1 cm³/mol. The topological polar surface area (TPSA) is 92.9 Å². The third kappa shape index (κ3) is 4.71. The van der Waals surface area contributed by atoms with E-state index >= 15 is 0 Å². The van der Waals surface area contributed by atoms with E-state index in [-0.39, 0.29) is 11.6 Å². The van der Waals surface area contributed by atoms with Gasteiger partial charge in [0.05, 0.1) is 0 Å². The van der Waals surface area contributed by atoms with E-state index < -0.39 is 0 Å². The molecule has 3 aromatic rings. The normalized spacial score (nSPS) is 10.6. The summed E-state index contributed by atoms with van der Waals surface area (Å²) in [4.78, 5) is 12.1. The number of carbonyl (C=O) groups is 1. The van der Waals surface area contributed by atoms with E-state index in [0.717, 1.165) is 5.56 Å². The van der Waals surface area contributed by atoms with E-state index in [9.17, 15) is 4.79 Å². The molecule has 0 atom stereocenters. The molecule has 26 heavy (non-hydrogen) atoms. The number of halogens is 2. The minimum Gasteiger partial charge on any atom is -0.360 e. The number of nitrogens with one attached hydrogen (secondary N) is 2. The maximum absolute atomic E-state index is 12.1. The maximum Gasteiger partial charge on any atom is 0.271 e. The number of hydrogen-bond acceptors (Lipinski definition) is 6. The summed E-state index contributed by atoms with van der Waals surface area (Å²) in [6, 6.07) is 10.2. The van der Waals surface area contributed by atoms with Crippen molar-refractivity contribution in [3.8, 4) is 0 Å². The summed E-state index contributed by atoms with van der Waals surface area (Å²) in [5, 5.41) is 18.5. The monoisotopic (exact) mass is 391 g/mol. The Bertz CT molecular complexity index is 912. The van der Waals surface area contributed by atoms with Crippen LogP contribution in [-0.2, 0) is 6.42 Å². The lowest BCUT2D eigenvalue weighted by Crippen LogP contribution is -2.26. The fourth-order valence-electron chi connectivity index (χ4n) is 2.20. The molecule has 0 aliphatic heterocycles. The summed E-state index contributed by atoms with van der Waals surface area (Å²) >= 11 is 12.0. The second-order valence-corrected chi connectivity index (χ2v) is 6.34. The van der Waals surface area contributed by atoms with Crippen LogP contribution in [0.3, 0.4) is 0 Å². The van der Waals surface area contributed by atoms with Crippen molar-refractivity contribution in [2.45, 2.75) is 13.3 Å². The van der Waals surface area contributed by atoms with Gasteiger partial charge in [0.15, 0.2) is 17.3 Å². The number of anilines is 2. The number of carbonyl (C=O) groups excluding carboxylic acids is 1. The van der Waals surface area contributed by atoms with E-state index in [1.54, 1.807) is 37.3 Å². The molecular weight excluding hydrogens is 377 g/mol. The first-order chi connectivity index (χ1) is 12.5. The molecule has 0 aliphatic carbocycles. The van der Waals surface area contributed by atoms with Crippen molar-refractivity contribution in [1.29, 1.82) is 0 Å². The fourth-order valence-corrected chi connectivity index (χ4v) is 2.71. The van der Waals surface area contributed by atoms with E-state index in [2.05, 4.69) is 26.0 Å². The van der Waals surface area contributed by atoms with Crippen LogP contribution in [0, 0.1) is 6.92 Å². The highest BCUT2D eigenvalue weighted by atomic mass is 35.5. The Morgan fingerprint density at radius 3 is 2.62 bits per heavy atom. The minimum absolute atomic E-state index is 0.217. The average molecular weight is 392 g/mol. The summed E-state index contributed by atoms with van der Waals surface area (Å²) in [7, 11) is 0. The summed E-state index contributed by atoms with van der Waals surface area (Å²) < 4.78 is 4.95. The van der Waals surface area contributed by atoms with Crippen LogP contribution in [0.2, 0.25) is 10.0 Å². The van der Waals surface area contributed by atoms with Gasteiger partial charge in [0.1, 0.15) is 5.76 Å². The van der Waals surface area contributed by atoms with Crippen molar-refractivity contribution in [3.63, 3.8) is 0 Å². The number of benzene rings is 1. The molecule has 0 saturated heterocycles. The molecule has 0 fully saturated rings. The maximum atomic E-state index is 12.1. The Morgan fingerprint density at radius 1 is 1.12 bits per heavy atom. The van der Waals surface area contributed by atoms with Crippen molar-refractivity contribution < 1.29 is 9.32 Å². The number of rotatable bonds is 6. The summed E-state index contributed by atoms with van der Waals surface area (Å²) in [6.45, 7) is 2.20. The molecule has 7 nitrogen and oxygen atoms in total. The van der Waals surface area contributed by atoms with Gasteiger partial charge in [-0.05, 0) is 43.2 Å². The number of aryl methyl sites for hydroxylation is 1. The Morgan fingerprint density at radius 2 is 1.96 bits per heavy atom.